The van der Waals surface area contributed by atoms with Gasteiger partial charge >= 0.3 is 0 Å². The smallest absolute Gasteiger partial charge is 0.234 e. The molecule has 2 heterocycles. The van der Waals surface area contributed by atoms with Crippen LogP contribution in [-0.4, -0.2) is 86.0 Å². The predicted octanol–water partition coefficient (Wildman–Crippen LogP) is 0.940. The number of para-hydroxylation sites is 1. The Labute approximate surface area is 167 Å². The predicted molar refractivity (Wildman–Crippen MR) is 108 cm³/mol. The molecule has 0 aromatic heterocycles. The van der Waals surface area contributed by atoms with Gasteiger partial charge < -0.3 is 15.0 Å². The fourth-order valence-corrected chi connectivity index (χ4v) is 4.28. The summed E-state index contributed by atoms with van der Waals surface area (Å²) < 4.78 is 5.35. The van der Waals surface area contributed by atoms with Crippen molar-refractivity contribution in [1.82, 2.24) is 20.0 Å². The third kappa shape index (κ3) is 4.64. The summed E-state index contributed by atoms with van der Waals surface area (Å²) in [5, 5.41) is 3.01. The number of nitrogens with zero attached hydrogens (tertiary/aromatic N) is 3. The first-order valence-electron chi connectivity index (χ1n) is 10.00. The van der Waals surface area contributed by atoms with Gasteiger partial charge in [0.2, 0.25) is 11.8 Å². The molecule has 7 heteroatoms. The Balaban J connectivity index is 1.57. The summed E-state index contributed by atoms with van der Waals surface area (Å²) in [5.41, 5.74) is 0.945. The molecule has 3 rings (SSSR count). The topological polar surface area (TPSA) is 65.1 Å². The van der Waals surface area contributed by atoms with Crippen LogP contribution in [0.5, 0.6) is 5.75 Å². The van der Waals surface area contributed by atoms with E-state index in [-0.39, 0.29) is 17.4 Å². The lowest BCUT2D eigenvalue weighted by Gasteiger charge is -2.49. The van der Waals surface area contributed by atoms with Gasteiger partial charge in [-0.15, -0.1) is 0 Å². The number of piperazine rings is 1. The minimum absolute atomic E-state index is 0.0208. The summed E-state index contributed by atoms with van der Waals surface area (Å²) in [6.45, 7) is 4.22. The highest BCUT2D eigenvalue weighted by molar-refractivity contribution is 5.78. The summed E-state index contributed by atoms with van der Waals surface area (Å²) >= 11 is 0. The monoisotopic (exact) mass is 388 g/mol. The maximum Gasteiger partial charge on any atom is 0.234 e. The molecule has 2 aliphatic heterocycles. The molecule has 2 saturated heterocycles. The number of hydrogen-bond donors (Lipinski definition) is 1. The first-order chi connectivity index (χ1) is 13.4. The van der Waals surface area contributed by atoms with Crippen molar-refractivity contribution in [2.24, 2.45) is 0 Å². The lowest BCUT2D eigenvalue weighted by atomic mass is 9.86. The van der Waals surface area contributed by atoms with Gasteiger partial charge in [0.05, 0.1) is 13.7 Å². The molecule has 1 spiro atoms. The van der Waals surface area contributed by atoms with Crippen molar-refractivity contribution in [2.45, 2.75) is 31.3 Å². The molecule has 2 amide bonds. The first kappa shape index (κ1) is 20.6. The van der Waals surface area contributed by atoms with Gasteiger partial charge in [-0.1, -0.05) is 18.2 Å². The summed E-state index contributed by atoms with van der Waals surface area (Å²) in [6, 6.07) is 7.72. The minimum Gasteiger partial charge on any atom is -0.496 e. The summed E-state index contributed by atoms with van der Waals surface area (Å²) in [4.78, 5) is 31.1. The van der Waals surface area contributed by atoms with E-state index in [9.17, 15) is 9.59 Å². The number of likely N-dealkylation sites (N-methyl/N-ethyl adjacent to an activating group) is 1. The molecule has 28 heavy (non-hydrogen) atoms. The molecule has 0 aliphatic carbocycles. The van der Waals surface area contributed by atoms with Crippen LogP contribution in [0.15, 0.2) is 24.3 Å². The molecule has 2 aliphatic rings. The molecule has 2 fully saturated rings. The van der Waals surface area contributed by atoms with E-state index in [1.165, 1.54) is 0 Å². The van der Waals surface area contributed by atoms with Crippen LogP contribution in [-0.2, 0) is 16.1 Å². The number of carbonyl (C=O) groups excluding carboxylic acids is 2. The lowest BCUT2D eigenvalue weighted by molar-refractivity contribution is -0.129. The highest BCUT2D eigenvalue weighted by Gasteiger charge is 2.41. The van der Waals surface area contributed by atoms with Gasteiger partial charge in [-0.3, -0.25) is 19.4 Å². The summed E-state index contributed by atoms with van der Waals surface area (Å²) in [5.74, 6) is 1.03. The third-order valence-corrected chi connectivity index (χ3v) is 6.26. The Kier molecular flexibility index (Phi) is 6.57. The Morgan fingerprint density at radius 1 is 1.18 bits per heavy atom. The number of rotatable bonds is 5. The van der Waals surface area contributed by atoms with Crippen molar-refractivity contribution < 1.29 is 14.3 Å². The molecular formula is C21H32N4O3. The van der Waals surface area contributed by atoms with Crippen LogP contribution in [0.1, 0.15) is 24.8 Å². The van der Waals surface area contributed by atoms with Crippen molar-refractivity contribution >= 4 is 11.8 Å². The molecule has 0 saturated carbocycles. The number of amides is 2. The van der Waals surface area contributed by atoms with E-state index in [0.717, 1.165) is 50.3 Å². The highest BCUT2D eigenvalue weighted by Crippen LogP contribution is 2.31. The van der Waals surface area contributed by atoms with E-state index in [1.54, 1.807) is 7.11 Å². The van der Waals surface area contributed by atoms with E-state index in [0.29, 0.717) is 19.5 Å². The number of benzene rings is 1. The summed E-state index contributed by atoms with van der Waals surface area (Å²) in [7, 11) is 5.67. The van der Waals surface area contributed by atoms with Crippen LogP contribution >= 0.6 is 0 Å². The number of nitrogens with one attached hydrogen (secondary N) is 1. The number of ether oxygens (including phenoxy) is 1. The fraction of sp³-hybridized carbons (Fsp3) is 0.619. The first-order valence-corrected chi connectivity index (χ1v) is 10.00. The van der Waals surface area contributed by atoms with Gasteiger partial charge in [0.15, 0.2) is 0 Å². The van der Waals surface area contributed by atoms with E-state index in [4.69, 9.17) is 4.74 Å². The maximum atomic E-state index is 12.5. The molecule has 1 unspecified atom stereocenters. The van der Waals surface area contributed by atoms with Gasteiger partial charge in [0.25, 0.3) is 0 Å². The second-order valence-corrected chi connectivity index (χ2v) is 8.01. The Hall–Kier alpha value is -2.12. The molecule has 1 aromatic rings. The standard InChI is InChI=1S/C21H32N4O3/c1-23-11-10-21(9-8-20(23)27)16-25(13-12-24(21)2)15-19(26)22-14-17-6-4-5-7-18(17)28-3/h4-7H,8-16H2,1-3H3,(H,22,26). The molecule has 1 N–H and O–H groups in total. The maximum absolute atomic E-state index is 12.5. The van der Waals surface area contributed by atoms with Crippen molar-refractivity contribution in [2.75, 3.05) is 53.9 Å². The zero-order chi connectivity index (χ0) is 20.1. The Morgan fingerprint density at radius 2 is 1.96 bits per heavy atom. The molecule has 0 radical (unpaired) electrons. The van der Waals surface area contributed by atoms with Crippen molar-refractivity contribution in [3.63, 3.8) is 0 Å². The van der Waals surface area contributed by atoms with E-state index >= 15 is 0 Å². The molecule has 154 valence electrons. The van der Waals surface area contributed by atoms with Gasteiger partial charge in [-0.25, -0.2) is 0 Å². The van der Waals surface area contributed by atoms with Crippen LogP contribution in [0, 0.1) is 0 Å². The van der Waals surface area contributed by atoms with Crippen LogP contribution in [0.2, 0.25) is 0 Å². The average molecular weight is 389 g/mol. The second kappa shape index (κ2) is 8.92. The average Bonchev–Trinajstić information content (AvgIpc) is 2.84. The molecule has 1 aromatic carbocycles. The van der Waals surface area contributed by atoms with Gasteiger partial charge in [0.1, 0.15) is 5.75 Å². The highest BCUT2D eigenvalue weighted by atomic mass is 16.5. The third-order valence-electron chi connectivity index (χ3n) is 6.26. The SMILES string of the molecule is COc1ccccc1CNC(=O)CN1CCN(C)C2(CCC(=O)N(C)CC2)C1. The fourth-order valence-electron chi connectivity index (χ4n) is 4.28. The normalized spacial score (nSPS) is 24.2. The second-order valence-electron chi connectivity index (χ2n) is 8.01. The quantitative estimate of drug-likeness (QED) is 0.813. The van der Waals surface area contributed by atoms with E-state index < -0.39 is 0 Å². The Bertz CT molecular complexity index is 711. The molecule has 1 atom stereocenters. The van der Waals surface area contributed by atoms with Gasteiger partial charge in [-0.2, -0.15) is 0 Å². The zero-order valence-corrected chi connectivity index (χ0v) is 17.2. The van der Waals surface area contributed by atoms with Crippen molar-refractivity contribution in [3.05, 3.63) is 29.8 Å². The Morgan fingerprint density at radius 3 is 2.75 bits per heavy atom. The van der Waals surface area contributed by atoms with E-state index in [2.05, 4.69) is 22.2 Å². The number of methoxy groups -OCH3 is 1. The lowest BCUT2D eigenvalue weighted by Crippen LogP contribution is -2.62. The van der Waals surface area contributed by atoms with Gasteiger partial charge in [-0.05, 0) is 26.0 Å². The molecular weight excluding hydrogens is 356 g/mol. The van der Waals surface area contributed by atoms with Crippen LogP contribution < -0.4 is 10.1 Å². The largest absolute Gasteiger partial charge is 0.496 e. The molecule has 0 bridgehead atoms. The van der Waals surface area contributed by atoms with Crippen LogP contribution in [0.25, 0.3) is 0 Å². The van der Waals surface area contributed by atoms with Crippen LogP contribution in [0.4, 0.5) is 0 Å². The number of hydrogen-bond acceptors (Lipinski definition) is 5. The summed E-state index contributed by atoms with van der Waals surface area (Å²) in [6.07, 6.45) is 2.38. The van der Waals surface area contributed by atoms with Gasteiger partial charge in [0, 0.05) is 57.3 Å². The number of likely N-dealkylation sites (tertiary alicyclic amines) is 1. The number of carbonyl (C=O) groups is 2. The van der Waals surface area contributed by atoms with Crippen molar-refractivity contribution in [1.29, 1.82) is 0 Å². The minimum atomic E-state index is -0.0262. The van der Waals surface area contributed by atoms with Crippen molar-refractivity contribution in [3.8, 4) is 5.75 Å². The van der Waals surface area contributed by atoms with Crippen LogP contribution in [0.3, 0.4) is 0 Å². The molecule has 7 nitrogen and oxygen atoms in total. The zero-order valence-electron chi connectivity index (χ0n) is 17.2. The van der Waals surface area contributed by atoms with E-state index in [1.807, 2.05) is 36.2 Å².